The van der Waals surface area contributed by atoms with Crippen molar-refractivity contribution in [3.05, 3.63) is 35.9 Å². The highest BCUT2D eigenvalue weighted by molar-refractivity contribution is 5.82. The van der Waals surface area contributed by atoms with Crippen LogP contribution < -0.4 is 0 Å². The van der Waals surface area contributed by atoms with E-state index in [0.717, 1.165) is 31.4 Å². The van der Waals surface area contributed by atoms with Gasteiger partial charge in [0.15, 0.2) is 6.10 Å². The second-order valence-electron chi connectivity index (χ2n) is 7.53. The van der Waals surface area contributed by atoms with E-state index in [0.29, 0.717) is 25.7 Å². The molecule has 2 unspecified atom stereocenters. The minimum absolute atomic E-state index is 0.0736. The van der Waals surface area contributed by atoms with Gasteiger partial charge in [-0.25, -0.2) is 0 Å². The van der Waals surface area contributed by atoms with Crippen molar-refractivity contribution in [2.24, 2.45) is 5.92 Å². The lowest BCUT2D eigenvalue weighted by molar-refractivity contribution is -0.186. The van der Waals surface area contributed by atoms with Crippen molar-refractivity contribution < 1.29 is 19.0 Å². The number of fused-ring (bicyclic) bond motifs is 1. The number of hydrogen-bond donors (Lipinski definition) is 0. The maximum absolute atomic E-state index is 13.0. The average Bonchev–Trinajstić information content (AvgIpc) is 2.65. The molecule has 144 valence electrons. The molecule has 0 radical (unpaired) electrons. The Kier molecular flexibility index (Phi) is 7.06. The van der Waals surface area contributed by atoms with Crippen molar-refractivity contribution >= 4 is 5.91 Å². The fourth-order valence-electron chi connectivity index (χ4n) is 4.05. The zero-order chi connectivity index (χ0) is 18.4. The highest BCUT2D eigenvalue weighted by Gasteiger charge is 2.44. The van der Waals surface area contributed by atoms with E-state index in [1.54, 1.807) is 7.11 Å². The van der Waals surface area contributed by atoms with Gasteiger partial charge in [0.2, 0.25) is 0 Å². The summed E-state index contributed by atoms with van der Waals surface area (Å²) in [5, 5.41) is 0. The predicted molar refractivity (Wildman–Crippen MR) is 99.8 cm³/mol. The maximum atomic E-state index is 13.0. The Morgan fingerprint density at radius 2 is 2.04 bits per heavy atom. The van der Waals surface area contributed by atoms with Gasteiger partial charge in [-0.05, 0) is 37.2 Å². The van der Waals surface area contributed by atoms with Crippen LogP contribution in [0.5, 0.6) is 0 Å². The van der Waals surface area contributed by atoms with E-state index in [2.05, 4.69) is 6.92 Å². The summed E-state index contributed by atoms with van der Waals surface area (Å²) in [6.45, 7) is 4.49. The number of ether oxygens (including phenoxy) is 3. The molecule has 0 aromatic heterocycles. The Balaban J connectivity index is 1.60. The van der Waals surface area contributed by atoms with Crippen LogP contribution >= 0.6 is 0 Å². The smallest absolute Gasteiger partial charge is 0.254 e. The fraction of sp³-hybridized carbons (Fsp3) is 0.667. The molecule has 0 spiro atoms. The molecule has 4 atom stereocenters. The zero-order valence-electron chi connectivity index (χ0n) is 15.9. The Hall–Kier alpha value is -1.43. The van der Waals surface area contributed by atoms with Crippen LogP contribution in [0.3, 0.4) is 0 Å². The van der Waals surface area contributed by atoms with Crippen molar-refractivity contribution in [2.45, 2.75) is 57.5 Å². The molecule has 0 N–H and O–H groups in total. The first-order chi connectivity index (χ1) is 12.7. The van der Waals surface area contributed by atoms with Crippen LogP contribution in [0.2, 0.25) is 0 Å². The van der Waals surface area contributed by atoms with Gasteiger partial charge in [0.1, 0.15) is 0 Å². The molecule has 1 aromatic rings. The summed E-state index contributed by atoms with van der Waals surface area (Å²) in [5.74, 6) is 0.716. The van der Waals surface area contributed by atoms with Gasteiger partial charge >= 0.3 is 0 Å². The Labute approximate surface area is 156 Å². The summed E-state index contributed by atoms with van der Waals surface area (Å²) in [5.41, 5.74) is 1.11. The number of rotatable bonds is 8. The van der Waals surface area contributed by atoms with E-state index in [1.807, 2.05) is 35.2 Å². The quantitative estimate of drug-likeness (QED) is 0.668. The van der Waals surface area contributed by atoms with Crippen LogP contribution in [-0.4, -0.2) is 55.9 Å². The van der Waals surface area contributed by atoms with Crippen LogP contribution in [0, 0.1) is 5.92 Å². The molecule has 1 saturated heterocycles. The minimum Gasteiger partial charge on any atom is -0.385 e. The summed E-state index contributed by atoms with van der Waals surface area (Å²) in [6, 6.07) is 10.2. The van der Waals surface area contributed by atoms with Crippen molar-refractivity contribution in [3.8, 4) is 0 Å². The summed E-state index contributed by atoms with van der Waals surface area (Å²) < 4.78 is 17.2. The Bertz CT molecular complexity index is 564. The third-order valence-corrected chi connectivity index (χ3v) is 5.44. The van der Waals surface area contributed by atoms with Gasteiger partial charge in [-0.2, -0.15) is 0 Å². The number of nitrogens with zero attached hydrogens (tertiary/aromatic N) is 1. The second kappa shape index (κ2) is 9.49. The minimum atomic E-state index is -0.490. The highest BCUT2D eigenvalue weighted by atomic mass is 16.5. The van der Waals surface area contributed by atoms with Gasteiger partial charge in [0, 0.05) is 20.3 Å². The van der Waals surface area contributed by atoms with Gasteiger partial charge < -0.3 is 19.1 Å². The largest absolute Gasteiger partial charge is 0.385 e. The van der Waals surface area contributed by atoms with Gasteiger partial charge in [-0.1, -0.05) is 37.3 Å². The van der Waals surface area contributed by atoms with Crippen molar-refractivity contribution in [3.63, 3.8) is 0 Å². The average molecular weight is 361 g/mol. The second-order valence-corrected chi connectivity index (χ2v) is 7.53. The molecule has 2 aliphatic rings. The van der Waals surface area contributed by atoms with Crippen molar-refractivity contribution in [1.82, 2.24) is 4.90 Å². The van der Waals surface area contributed by atoms with Crippen molar-refractivity contribution in [1.29, 1.82) is 0 Å². The van der Waals surface area contributed by atoms with Gasteiger partial charge in [-0.15, -0.1) is 0 Å². The van der Waals surface area contributed by atoms with E-state index in [9.17, 15) is 4.79 Å². The molecule has 1 heterocycles. The summed E-state index contributed by atoms with van der Waals surface area (Å²) in [6.07, 6.45) is 3.72. The fourth-order valence-corrected chi connectivity index (χ4v) is 4.05. The summed E-state index contributed by atoms with van der Waals surface area (Å²) in [4.78, 5) is 15.0. The molecule has 26 heavy (non-hydrogen) atoms. The topological polar surface area (TPSA) is 48.0 Å². The van der Waals surface area contributed by atoms with Crippen LogP contribution in [0.25, 0.3) is 0 Å². The van der Waals surface area contributed by atoms with E-state index in [4.69, 9.17) is 14.2 Å². The number of amides is 1. The monoisotopic (exact) mass is 361 g/mol. The van der Waals surface area contributed by atoms with Crippen LogP contribution in [0.1, 0.15) is 38.2 Å². The lowest BCUT2D eigenvalue weighted by atomic mass is 9.82. The molecule has 1 aromatic carbocycles. The first-order valence-corrected chi connectivity index (χ1v) is 9.75. The van der Waals surface area contributed by atoms with Gasteiger partial charge in [0.25, 0.3) is 5.91 Å². The number of morpholine rings is 1. The molecule has 0 bridgehead atoms. The van der Waals surface area contributed by atoms with E-state index in [1.165, 1.54) is 6.42 Å². The molecule has 1 amide bonds. The summed E-state index contributed by atoms with van der Waals surface area (Å²) >= 11 is 0. The molecular formula is C21H31NO4. The third kappa shape index (κ3) is 4.84. The predicted octanol–water partition coefficient (Wildman–Crippen LogP) is 3.02. The van der Waals surface area contributed by atoms with Crippen molar-refractivity contribution in [2.75, 3.05) is 26.9 Å². The first kappa shape index (κ1) is 19.3. The number of carbonyl (C=O) groups is 1. The van der Waals surface area contributed by atoms with Crippen LogP contribution in [-0.2, 0) is 25.6 Å². The zero-order valence-corrected chi connectivity index (χ0v) is 15.9. The lowest BCUT2D eigenvalue weighted by Crippen LogP contribution is -2.61. The molecule has 1 aliphatic carbocycles. The molecule has 1 saturated carbocycles. The van der Waals surface area contributed by atoms with E-state index < -0.39 is 6.10 Å². The number of benzene rings is 1. The van der Waals surface area contributed by atoms with E-state index in [-0.39, 0.29) is 18.1 Å². The standard InChI is InChI=1S/C21H31NO4/c1-16-9-10-19-18(13-16)22(11-6-12-24-2)21(23)20(26-19)15-25-14-17-7-4-3-5-8-17/h3-5,7-8,16,18-20H,6,9-15H2,1-2H3/t16-,18?,19+,20?/m1/s1. The lowest BCUT2D eigenvalue weighted by Gasteiger charge is -2.48. The number of carbonyl (C=O) groups excluding carboxylic acids is 1. The highest BCUT2D eigenvalue weighted by Crippen LogP contribution is 2.34. The first-order valence-electron chi connectivity index (χ1n) is 9.75. The third-order valence-electron chi connectivity index (χ3n) is 5.44. The molecular weight excluding hydrogens is 330 g/mol. The normalized spacial score (nSPS) is 28.8. The van der Waals surface area contributed by atoms with Crippen LogP contribution in [0.4, 0.5) is 0 Å². The molecule has 3 rings (SSSR count). The number of hydrogen-bond acceptors (Lipinski definition) is 4. The van der Waals surface area contributed by atoms with E-state index >= 15 is 0 Å². The molecule has 5 heteroatoms. The number of methoxy groups -OCH3 is 1. The maximum Gasteiger partial charge on any atom is 0.254 e. The molecule has 1 aliphatic heterocycles. The summed E-state index contributed by atoms with van der Waals surface area (Å²) in [7, 11) is 1.70. The van der Waals surface area contributed by atoms with Gasteiger partial charge in [-0.3, -0.25) is 4.79 Å². The molecule has 5 nitrogen and oxygen atoms in total. The van der Waals surface area contributed by atoms with Gasteiger partial charge in [0.05, 0.1) is 25.4 Å². The Morgan fingerprint density at radius 1 is 1.23 bits per heavy atom. The van der Waals surface area contributed by atoms with Crippen LogP contribution in [0.15, 0.2) is 30.3 Å². The SMILES string of the molecule is COCCCN1C(=O)C(COCc2ccccc2)O[C@H]2CC[C@@H](C)CC21. The Morgan fingerprint density at radius 3 is 2.81 bits per heavy atom. The molecule has 2 fully saturated rings.